The molecule has 0 bridgehead atoms. The number of nitrogens with zero attached hydrogens (tertiary/aromatic N) is 4. The van der Waals surface area contributed by atoms with Crippen LogP contribution >= 0.6 is 0 Å². The first-order valence-corrected chi connectivity index (χ1v) is 6.84. The highest BCUT2D eigenvalue weighted by molar-refractivity contribution is 5.60. The lowest BCUT2D eigenvalue weighted by Gasteiger charge is -2.17. The smallest absolute Gasteiger partial charge is 0.251 e. The van der Waals surface area contributed by atoms with E-state index in [-0.39, 0.29) is 5.69 Å². The lowest BCUT2D eigenvalue weighted by molar-refractivity contribution is 0.586. The minimum Gasteiger partial charge on any atom is -0.336 e. The van der Waals surface area contributed by atoms with Gasteiger partial charge in [0.1, 0.15) is 11.6 Å². The molecular formula is C16H13F2N5. The summed E-state index contributed by atoms with van der Waals surface area (Å²) in [5, 5.41) is 10.6. The van der Waals surface area contributed by atoms with Crippen molar-refractivity contribution in [3.63, 3.8) is 0 Å². The van der Waals surface area contributed by atoms with E-state index in [9.17, 15) is 8.78 Å². The van der Waals surface area contributed by atoms with Gasteiger partial charge in [-0.25, -0.2) is 8.78 Å². The van der Waals surface area contributed by atoms with Crippen molar-refractivity contribution in [2.75, 3.05) is 17.3 Å². The van der Waals surface area contributed by atoms with E-state index in [2.05, 4.69) is 20.5 Å². The van der Waals surface area contributed by atoms with Crippen LogP contribution in [0.5, 0.6) is 0 Å². The van der Waals surface area contributed by atoms with Crippen LogP contribution in [0, 0.1) is 11.6 Å². The maximum atomic E-state index is 13.7. The van der Waals surface area contributed by atoms with Gasteiger partial charge in [-0.2, -0.15) is 10.1 Å². The van der Waals surface area contributed by atoms with Gasteiger partial charge in [0.2, 0.25) is 0 Å². The maximum Gasteiger partial charge on any atom is 0.251 e. The number of nitrogens with one attached hydrogen (secondary N) is 1. The summed E-state index contributed by atoms with van der Waals surface area (Å²) >= 11 is 0. The Hall–Kier alpha value is -3.09. The summed E-state index contributed by atoms with van der Waals surface area (Å²) in [5.41, 5.74) is 1.000. The molecule has 0 radical (unpaired) electrons. The van der Waals surface area contributed by atoms with Crippen molar-refractivity contribution in [3.05, 3.63) is 66.4 Å². The first-order chi connectivity index (χ1) is 11.1. The highest BCUT2D eigenvalue weighted by Crippen LogP contribution is 2.22. The first-order valence-electron chi connectivity index (χ1n) is 6.84. The number of hydrogen-bond donors (Lipinski definition) is 1. The molecule has 0 fully saturated rings. The zero-order chi connectivity index (χ0) is 16.2. The van der Waals surface area contributed by atoms with Crippen molar-refractivity contribution in [3.8, 4) is 0 Å². The van der Waals surface area contributed by atoms with Gasteiger partial charge in [0.25, 0.3) is 5.95 Å². The molecule has 0 aliphatic heterocycles. The number of aromatic nitrogens is 3. The molecule has 1 N–H and O–H groups in total. The van der Waals surface area contributed by atoms with Crippen molar-refractivity contribution in [2.24, 2.45) is 0 Å². The number of benzene rings is 2. The predicted octanol–water partition coefficient (Wildman–Crippen LogP) is 3.66. The summed E-state index contributed by atoms with van der Waals surface area (Å²) in [6.45, 7) is 0. The molecule has 0 amide bonds. The van der Waals surface area contributed by atoms with Gasteiger partial charge >= 0.3 is 0 Å². The highest BCUT2D eigenvalue weighted by Gasteiger charge is 2.10. The molecule has 3 rings (SSSR count). The predicted molar refractivity (Wildman–Crippen MR) is 84.0 cm³/mol. The van der Waals surface area contributed by atoms with Crippen LogP contribution in [0.4, 0.5) is 31.9 Å². The summed E-state index contributed by atoms with van der Waals surface area (Å²) in [6, 6.07) is 12.8. The molecule has 7 heteroatoms. The molecule has 0 aliphatic carbocycles. The van der Waals surface area contributed by atoms with Crippen molar-refractivity contribution in [1.29, 1.82) is 0 Å². The van der Waals surface area contributed by atoms with E-state index >= 15 is 0 Å². The van der Waals surface area contributed by atoms with Gasteiger partial charge < -0.3 is 10.2 Å². The molecule has 0 aliphatic rings. The number of hydrogen-bond acceptors (Lipinski definition) is 5. The molecule has 0 atom stereocenters. The Balaban J connectivity index is 1.85. The second-order valence-electron chi connectivity index (χ2n) is 4.79. The molecule has 5 nitrogen and oxygen atoms in total. The molecule has 0 saturated carbocycles. The van der Waals surface area contributed by atoms with Crippen LogP contribution in [0.2, 0.25) is 0 Å². The van der Waals surface area contributed by atoms with Gasteiger partial charge in [0.15, 0.2) is 5.82 Å². The van der Waals surface area contributed by atoms with E-state index in [0.29, 0.717) is 11.8 Å². The summed E-state index contributed by atoms with van der Waals surface area (Å²) in [4.78, 5) is 6.04. The van der Waals surface area contributed by atoms with Gasteiger partial charge in [0.05, 0.1) is 11.9 Å². The first kappa shape index (κ1) is 14.8. The molecule has 0 spiro atoms. The van der Waals surface area contributed by atoms with Crippen LogP contribution < -0.4 is 10.2 Å². The molecule has 1 aromatic heterocycles. The maximum absolute atomic E-state index is 13.7. The van der Waals surface area contributed by atoms with Crippen LogP contribution in [-0.4, -0.2) is 22.2 Å². The van der Waals surface area contributed by atoms with Crippen LogP contribution in [0.15, 0.2) is 54.7 Å². The lowest BCUT2D eigenvalue weighted by Crippen LogP contribution is -2.14. The van der Waals surface area contributed by atoms with E-state index in [1.165, 1.54) is 12.3 Å². The zero-order valence-electron chi connectivity index (χ0n) is 12.2. The Morgan fingerprint density at radius 3 is 2.57 bits per heavy atom. The molecule has 1 heterocycles. The van der Waals surface area contributed by atoms with E-state index in [4.69, 9.17) is 0 Å². The normalized spacial score (nSPS) is 10.4. The fraction of sp³-hybridized carbons (Fsp3) is 0.0625. The Morgan fingerprint density at radius 1 is 1.04 bits per heavy atom. The Bertz CT molecular complexity index is 811. The number of para-hydroxylation sites is 1. The fourth-order valence-corrected chi connectivity index (χ4v) is 1.99. The number of rotatable bonds is 4. The Labute approximate surface area is 131 Å². The topological polar surface area (TPSA) is 53.9 Å². The molecule has 0 unspecified atom stereocenters. The van der Waals surface area contributed by atoms with E-state index in [1.54, 1.807) is 11.9 Å². The SMILES string of the molecule is CN(c1ccccc1)c1nncc(Nc2ccc(F)cc2F)n1. The second kappa shape index (κ2) is 6.35. The summed E-state index contributed by atoms with van der Waals surface area (Å²) in [7, 11) is 1.80. The third-order valence-electron chi connectivity index (χ3n) is 3.19. The van der Waals surface area contributed by atoms with Gasteiger partial charge in [0, 0.05) is 18.8 Å². The van der Waals surface area contributed by atoms with Gasteiger partial charge in [-0.1, -0.05) is 18.2 Å². The molecule has 2 aromatic carbocycles. The Morgan fingerprint density at radius 2 is 1.83 bits per heavy atom. The molecule has 116 valence electrons. The van der Waals surface area contributed by atoms with E-state index in [0.717, 1.165) is 17.8 Å². The molecule has 0 saturated heterocycles. The van der Waals surface area contributed by atoms with Gasteiger partial charge in [-0.3, -0.25) is 0 Å². The molecule has 3 aromatic rings. The lowest BCUT2D eigenvalue weighted by atomic mass is 10.3. The summed E-state index contributed by atoms with van der Waals surface area (Å²) in [5.74, 6) is -0.688. The average Bonchev–Trinajstić information content (AvgIpc) is 2.58. The summed E-state index contributed by atoms with van der Waals surface area (Å²) in [6.07, 6.45) is 1.37. The molecular weight excluding hydrogens is 300 g/mol. The minimum atomic E-state index is -0.707. The van der Waals surface area contributed by atoms with Gasteiger partial charge in [-0.05, 0) is 24.3 Å². The Kier molecular flexibility index (Phi) is 4.09. The summed E-state index contributed by atoms with van der Waals surface area (Å²) < 4.78 is 26.6. The van der Waals surface area contributed by atoms with Crippen molar-refractivity contribution < 1.29 is 8.78 Å². The van der Waals surface area contributed by atoms with Gasteiger partial charge in [-0.15, -0.1) is 5.10 Å². The van der Waals surface area contributed by atoms with Crippen LogP contribution in [0.25, 0.3) is 0 Å². The van der Waals surface area contributed by atoms with Crippen molar-refractivity contribution >= 4 is 23.1 Å². The minimum absolute atomic E-state index is 0.111. The average molecular weight is 313 g/mol. The molecule has 23 heavy (non-hydrogen) atoms. The number of anilines is 4. The monoisotopic (exact) mass is 313 g/mol. The largest absolute Gasteiger partial charge is 0.336 e. The second-order valence-corrected chi connectivity index (χ2v) is 4.79. The zero-order valence-corrected chi connectivity index (χ0v) is 12.2. The van der Waals surface area contributed by atoms with Crippen LogP contribution in [0.3, 0.4) is 0 Å². The van der Waals surface area contributed by atoms with E-state index < -0.39 is 11.6 Å². The number of halogens is 2. The third kappa shape index (κ3) is 3.39. The van der Waals surface area contributed by atoms with Crippen LogP contribution in [-0.2, 0) is 0 Å². The quantitative estimate of drug-likeness (QED) is 0.796. The standard InChI is InChI=1S/C16H13F2N5/c1-23(12-5-3-2-4-6-12)16-21-15(10-19-22-16)20-14-8-7-11(17)9-13(14)18/h2-10H,1H3,(H,20,21,22). The van der Waals surface area contributed by atoms with Crippen LogP contribution in [0.1, 0.15) is 0 Å². The highest BCUT2D eigenvalue weighted by atomic mass is 19.1. The van der Waals surface area contributed by atoms with Crippen molar-refractivity contribution in [2.45, 2.75) is 0 Å². The fourth-order valence-electron chi connectivity index (χ4n) is 1.99. The third-order valence-corrected chi connectivity index (χ3v) is 3.19. The van der Waals surface area contributed by atoms with Crippen molar-refractivity contribution in [1.82, 2.24) is 15.2 Å². The van der Waals surface area contributed by atoms with E-state index in [1.807, 2.05) is 30.3 Å².